The molecule has 0 radical (unpaired) electrons. The molecule has 0 bridgehead atoms. The van der Waals surface area contributed by atoms with Crippen LogP contribution in [-0.4, -0.2) is 38.4 Å². The highest BCUT2D eigenvalue weighted by molar-refractivity contribution is 5.76. The minimum atomic E-state index is 0.193. The summed E-state index contributed by atoms with van der Waals surface area (Å²) in [5.74, 6) is 1.18. The smallest absolute Gasteiger partial charge is 0.222 e. The first-order valence-electron chi connectivity index (χ1n) is 8.88. The summed E-state index contributed by atoms with van der Waals surface area (Å²) in [6.07, 6.45) is 8.89. The Kier molecular flexibility index (Phi) is 4.50. The minimum Gasteiger partial charge on any atom is -0.440 e. The quantitative estimate of drug-likeness (QED) is 0.716. The molecule has 0 unspecified atom stereocenters. The largest absolute Gasteiger partial charge is 0.440 e. The lowest BCUT2D eigenvalue weighted by molar-refractivity contribution is -0.132. The third kappa shape index (κ3) is 3.57. The van der Waals surface area contributed by atoms with E-state index in [0.29, 0.717) is 13.0 Å². The molecule has 4 rings (SSSR count). The molecular formula is C19H22N4O2. The third-order valence-electron chi connectivity index (χ3n) is 4.80. The zero-order chi connectivity index (χ0) is 17.1. The Morgan fingerprint density at radius 1 is 1.32 bits per heavy atom. The fraction of sp³-hybridized carbons (Fsp3) is 0.421. The van der Waals surface area contributed by atoms with Crippen LogP contribution in [0, 0.1) is 0 Å². The van der Waals surface area contributed by atoms with Crippen LogP contribution < -0.4 is 0 Å². The Labute approximate surface area is 146 Å². The topological polar surface area (TPSA) is 64.2 Å². The molecule has 1 aromatic carbocycles. The molecule has 1 saturated heterocycles. The van der Waals surface area contributed by atoms with Crippen molar-refractivity contribution in [3.05, 3.63) is 48.9 Å². The molecule has 1 amide bonds. The molecule has 1 aliphatic rings. The first-order chi connectivity index (χ1) is 12.3. The molecule has 3 aromatic rings. The summed E-state index contributed by atoms with van der Waals surface area (Å²) in [7, 11) is 0. The number of likely N-dealkylation sites (tertiary alicyclic amines) is 1. The number of hydrogen-bond donors (Lipinski definition) is 0. The summed E-state index contributed by atoms with van der Waals surface area (Å²) in [5, 5.41) is 0. The number of fused-ring (bicyclic) bond motifs is 1. The second-order valence-electron chi connectivity index (χ2n) is 6.60. The third-order valence-corrected chi connectivity index (χ3v) is 4.80. The lowest BCUT2D eigenvalue weighted by Gasteiger charge is -2.31. The maximum absolute atomic E-state index is 12.5. The molecule has 6 heteroatoms. The summed E-state index contributed by atoms with van der Waals surface area (Å²) >= 11 is 0. The van der Waals surface area contributed by atoms with Crippen molar-refractivity contribution < 1.29 is 9.21 Å². The first kappa shape index (κ1) is 15.9. The predicted molar refractivity (Wildman–Crippen MR) is 94.0 cm³/mol. The van der Waals surface area contributed by atoms with Gasteiger partial charge in [-0.1, -0.05) is 12.1 Å². The predicted octanol–water partition coefficient (Wildman–Crippen LogP) is 3.21. The summed E-state index contributed by atoms with van der Waals surface area (Å²) in [5.41, 5.74) is 1.71. The van der Waals surface area contributed by atoms with Gasteiger partial charge in [0, 0.05) is 38.4 Å². The molecule has 1 fully saturated rings. The number of rotatable bonds is 5. The molecule has 2 aromatic heterocycles. The van der Waals surface area contributed by atoms with Gasteiger partial charge in [-0.3, -0.25) is 4.79 Å². The summed E-state index contributed by atoms with van der Waals surface area (Å²) < 4.78 is 7.91. The lowest BCUT2D eigenvalue weighted by Crippen LogP contribution is -2.39. The Balaban J connectivity index is 1.36. The van der Waals surface area contributed by atoms with Crippen molar-refractivity contribution in [1.82, 2.24) is 19.4 Å². The van der Waals surface area contributed by atoms with E-state index in [-0.39, 0.29) is 11.8 Å². The number of benzene rings is 1. The minimum absolute atomic E-state index is 0.193. The van der Waals surface area contributed by atoms with E-state index < -0.39 is 0 Å². The maximum Gasteiger partial charge on any atom is 0.222 e. The van der Waals surface area contributed by atoms with E-state index in [9.17, 15) is 4.79 Å². The number of para-hydroxylation sites is 2. The van der Waals surface area contributed by atoms with Gasteiger partial charge in [-0.15, -0.1) is 0 Å². The normalized spacial score (nSPS) is 17.9. The van der Waals surface area contributed by atoms with Gasteiger partial charge >= 0.3 is 0 Å². The van der Waals surface area contributed by atoms with Crippen LogP contribution >= 0.6 is 0 Å². The van der Waals surface area contributed by atoms with Crippen molar-refractivity contribution in [2.75, 3.05) is 13.1 Å². The Hall–Kier alpha value is -2.63. The van der Waals surface area contributed by atoms with Crippen LogP contribution in [0.25, 0.3) is 11.1 Å². The van der Waals surface area contributed by atoms with Gasteiger partial charge < -0.3 is 13.9 Å². The lowest BCUT2D eigenvalue weighted by atomic mass is 9.97. The van der Waals surface area contributed by atoms with Crippen molar-refractivity contribution in [3.63, 3.8) is 0 Å². The average Bonchev–Trinajstić information content (AvgIpc) is 3.31. The van der Waals surface area contributed by atoms with Crippen LogP contribution in [-0.2, 0) is 11.3 Å². The van der Waals surface area contributed by atoms with Gasteiger partial charge in [-0.05, 0) is 31.4 Å². The van der Waals surface area contributed by atoms with Gasteiger partial charge in [0.2, 0.25) is 5.91 Å². The highest BCUT2D eigenvalue weighted by Gasteiger charge is 2.27. The fourth-order valence-corrected chi connectivity index (χ4v) is 3.46. The number of carbonyl (C=O) groups excluding carboxylic acids is 1. The van der Waals surface area contributed by atoms with Gasteiger partial charge in [0.1, 0.15) is 5.52 Å². The Morgan fingerprint density at radius 2 is 2.24 bits per heavy atom. The molecule has 0 saturated carbocycles. The van der Waals surface area contributed by atoms with E-state index in [4.69, 9.17) is 4.42 Å². The van der Waals surface area contributed by atoms with Crippen molar-refractivity contribution >= 4 is 17.0 Å². The maximum atomic E-state index is 12.5. The van der Waals surface area contributed by atoms with Crippen LogP contribution in [0.5, 0.6) is 0 Å². The zero-order valence-electron chi connectivity index (χ0n) is 14.2. The monoisotopic (exact) mass is 338 g/mol. The van der Waals surface area contributed by atoms with Gasteiger partial charge in [-0.25, -0.2) is 9.97 Å². The van der Waals surface area contributed by atoms with Crippen molar-refractivity contribution in [2.24, 2.45) is 0 Å². The van der Waals surface area contributed by atoms with Gasteiger partial charge in [0.05, 0.1) is 12.2 Å². The molecule has 130 valence electrons. The van der Waals surface area contributed by atoms with Crippen LogP contribution in [0.4, 0.5) is 0 Å². The Bertz CT molecular complexity index is 807. The van der Waals surface area contributed by atoms with Crippen molar-refractivity contribution in [2.45, 2.75) is 38.1 Å². The summed E-state index contributed by atoms with van der Waals surface area (Å²) in [6.45, 7) is 2.37. The second-order valence-corrected chi connectivity index (χ2v) is 6.60. The molecule has 6 nitrogen and oxygen atoms in total. The fourth-order valence-electron chi connectivity index (χ4n) is 3.46. The summed E-state index contributed by atoms with van der Waals surface area (Å²) in [6, 6.07) is 7.82. The highest BCUT2D eigenvalue weighted by atomic mass is 16.3. The van der Waals surface area contributed by atoms with E-state index in [1.807, 2.05) is 39.9 Å². The number of imidazole rings is 1. The van der Waals surface area contributed by atoms with Crippen LogP contribution in [0.2, 0.25) is 0 Å². The number of amides is 1. The number of piperidine rings is 1. The van der Waals surface area contributed by atoms with Crippen LogP contribution in [0.1, 0.15) is 37.5 Å². The molecule has 1 atom stereocenters. The van der Waals surface area contributed by atoms with Gasteiger partial charge in [0.25, 0.3) is 0 Å². The standard InChI is InChI=1S/C19H22N4O2/c24-18(8-4-10-22-12-9-20-14-22)23-11-3-5-15(13-23)19-21-16-6-1-2-7-17(16)25-19/h1-2,6-7,9,12,14-15H,3-5,8,10-11,13H2/t15-/m0/s1. The zero-order valence-corrected chi connectivity index (χ0v) is 14.2. The van der Waals surface area contributed by atoms with Gasteiger partial charge in [-0.2, -0.15) is 0 Å². The second kappa shape index (κ2) is 7.09. The van der Waals surface area contributed by atoms with E-state index in [1.54, 1.807) is 12.5 Å². The van der Waals surface area contributed by atoms with E-state index in [1.165, 1.54) is 0 Å². The summed E-state index contributed by atoms with van der Waals surface area (Å²) in [4.78, 5) is 23.1. The molecule has 1 aliphatic heterocycles. The van der Waals surface area contributed by atoms with Crippen molar-refractivity contribution in [3.8, 4) is 0 Å². The molecule has 25 heavy (non-hydrogen) atoms. The van der Waals surface area contributed by atoms with Crippen LogP contribution in [0.3, 0.4) is 0 Å². The van der Waals surface area contributed by atoms with Crippen molar-refractivity contribution in [1.29, 1.82) is 0 Å². The number of aromatic nitrogens is 3. The van der Waals surface area contributed by atoms with E-state index in [2.05, 4.69) is 9.97 Å². The molecule has 0 aliphatic carbocycles. The molecule has 0 spiro atoms. The molecular weight excluding hydrogens is 316 g/mol. The highest BCUT2D eigenvalue weighted by Crippen LogP contribution is 2.29. The number of carbonyl (C=O) groups is 1. The number of nitrogens with zero attached hydrogens (tertiary/aromatic N) is 4. The number of oxazole rings is 1. The van der Waals surface area contributed by atoms with Gasteiger partial charge in [0.15, 0.2) is 11.5 Å². The average molecular weight is 338 g/mol. The number of hydrogen-bond acceptors (Lipinski definition) is 4. The first-order valence-corrected chi connectivity index (χ1v) is 8.88. The molecule has 0 N–H and O–H groups in total. The number of aryl methyl sites for hydroxylation is 1. The van der Waals surface area contributed by atoms with Crippen LogP contribution in [0.15, 0.2) is 47.4 Å². The van der Waals surface area contributed by atoms with E-state index in [0.717, 1.165) is 49.3 Å². The van der Waals surface area contributed by atoms with E-state index >= 15 is 0 Å². The SMILES string of the molecule is O=C(CCCn1ccnc1)N1CCC[C@H](c2nc3ccccc3o2)C1. The Morgan fingerprint density at radius 3 is 3.08 bits per heavy atom. The molecule has 3 heterocycles.